The van der Waals surface area contributed by atoms with E-state index >= 15 is 0 Å². The highest BCUT2D eigenvalue weighted by Gasteiger charge is 2.32. The summed E-state index contributed by atoms with van der Waals surface area (Å²) in [4.78, 5) is 17.8. The predicted octanol–water partition coefficient (Wildman–Crippen LogP) is 2.26. The third kappa shape index (κ3) is 3.55. The number of pyridine rings is 1. The Morgan fingerprint density at radius 1 is 1.38 bits per heavy atom. The number of benzene rings is 1. The van der Waals surface area contributed by atoms with Crippen LogP contribution in [0.25, 0.3) is 0 Å². The summed E-state index contributed by atoms with van der Waals surface area (Å²) in [6.07, 6.45) is 1.36. The third-order valence-electron chi connectivity index (χ3n) is 3.61. The molecule has 3 rings (SSSR count). The van der Waals surface area contributed by atoms with E-state index in [0.29, 0.717) is 36.0 Å². The molecule has 0 saturated carbocycles. The molecule has 0 spiro atoms. The highest BCUT2D eigenvalue weighted by Crippen LogP contribution is 2.20. The van der Waals surface area contributed by atoms with Gasteiger partial charge in [-0.25, -0.2) is 9.78 Å². The van der Waals surface area contributed by atoms with E-state index in [1.54, 1.807) is 36.3 Å². The maximum Gasteiger partial charge on any atom is 0.322 e. The quantitative estimate of drug-likeness (QED) is 0.932. The number of nitrogens with one attached hydrogen (secondary N) is 1. The van der Waals surface area contributed by atoms with Crippen LogP contribution in [0.15, 0.2) is 42.6 Å². The van der Waals surface area contributed by atoms with Crippen molar-refractivity contribution in [1.82, 2.24) is 9.88 Å². The van der Waals surface area contributed by atoms with Gasteiger partial charge in [-0.3, -0.25) is 0 Å². The lowest BCUT2D eigenvalue weighted by molar-refractivity contribution is 0.0461. The number of carbonyl (C=O) groups is 1. The number of amides is 2. The van der Waals surface area contributed by atoms with Gasteiger partial charge in [0.1, 0.15) is 17.9 Å². The van der Waals surface area contributed by atoms with Crippen molar-refractivity contribution in [2.45, 2.75) is 6.10 Å². The van der Waals surface area contributed by atoms with E-state index in [2.05, 4.69) is 10.3 Å². The van der Waals surface area contributed by atoms with E-state index in [0.717, 1.165) is 0 Å². The Labute approximate surface area is 139 Å². The van der Waals surface area contributed by atoms with Gasteiger partial charge in [0.05, 0.1) is 25.8 Å². The first-order valence-corrected chi connectivity index (χ1v) is 7.41. The van der Waals surface area contributed by atoms with Crippen LogP contribution in [0.2, 0.25) is 0 Å². The van der Waals surface area contributed by atoms with Crippen LogP contribution in [0, 0.1) is 11.3 Å². The minimum Gasteiger partial charge on any atom is -0.497 e. The molecule has 0 radical (unpaired) electrons. The molecule has 7 nitrogen and oxygen atoms in total. The van der Waals surface area contributed by atoms with Gasteiger partial charge >= 0.3 is 6.03 Å². The summed E-state index contributed by atoms with van der Waals surface area (Å²) in [6, 6.07) is 12.3. The van der Waals surface area contributed by atoms with Gasteiger partial charge in [0, 0.05) is 24.0 Å². The van der Waals surface area contributed by atoms with Gasteiger partial charge in [-0.05, 0) is 18.2 Å². The molecule has 2 heterocycles. The van der Waals surface area contributed by atoms with Crippen molar-refractivity contribution in [2.24, 2.45) is 0 Å². The Morgan fingerprint density at radius 2 is 2.21 bits per heavy atom. The van der Waals surface area contributed by atoms with Crippen LogP contribution in [-0.4, -0.2) is 42.2 Å². The van der Waals surface area contributed by atoms with Crippen molar-refractivity contribution in [1.29, 1.82) is 5.26 Å². The number of methoxy groups -OCH3 is 1. The summed E-state index contributed by atoms with van der Waals surface area (Å²) in [5, 5.41) is 11.5. The molecule has 1 N–H and O–H groups in total. The lowest BCUT2D eigenvalue weighted by Gasteiger charge is -2.38. The van der Waals surface area contributed by atoms with Crippen LogP contribution < -0.4 is 14.8 Å². The Kier molecular flexibility index (Phi) is 4.47. The molecule has 0 bridgehead atoms. The molecule has 0 aliphatic carbocycles. The van der Waals surface area contributed by atoms with Gasteiger partial charge in [-0.15, -0.1) is 0 Å². The molecular formula is C17H16N4O3. The molecule has 1 fully saturated rings. The minimum atomic E-state index is -0.184. The summed E-state index contributed by atoms with van der Waals surface area (Å²) in [7, 11) is 1.58. The predicted molar refractivity (Wildman–Crippen MR) is 87.0 cm³/mol. The maximum atomic E-state index is 12.1. The van der Waals surface area contributed by atoms with Crippen molar-refractivity contribution < 1.29 is 14.3 Å². The Balaban J connectivity index is 1.48. The molecule has 1 aliphatic heterocycles. The van der Waals surface area contributed by atoms with E-state index in [1.807, 2.05) is 18.2 Å². The molecule has 2 aromatic rings. The summed E-state index contributed by atoms with van der Waals surface area (Å²) in [5.74, 6) is 1.14. The molecule has 0 unspecified atom stereocenters. The van der Waals surface area contributed by atoms with Crippen LogP contribution in [-0.2, 0) is 0 Å². The molecule has 1 aliphatic rings. The van der Waals surface area contributed by atoms with Gasteiger partial charge in [-0.1, -0.05) is 6.07 Å². The lowest BCUT2D eigenvalue weighted by Crippen LogP contribution is -2.57. The fraction of sp³-hybridized carbons (Fsp3) is 0.235. The summed E-state index contributed by atoms with van der Waals surface area (Å²) in [6.45, 7) is 0.967. The van der Waals surface area contributed by atoms with E-state index in [-0.39, 0.29) is 12.1 Å². The zero-order valence-corrected chi connectivity index (χ0v) is 13.1. The zero-order valence-electron chi connectivity index (χ0n) is 13.1. The largest absolute Gasteiger partial charge is 0.497 e. The van der Waals surface area contributed by atoms with Crippen molar-refractivity contribution in [3.63, 3.8) is 0 Å². The van der Waals surface area contributed by atoms with Crippen molar-refractivity contribution in [3.05, 3.63) is 48.2 Å². The smallest absolute Gasteiger partial charge is 0.322 e. The fourth-order valence-corrected chi connectivity index (χ4v) is 2.27. The Morgan fingerprint density at radius 3 is 2.88 bits per heavy atom. The minimum absolute atomic E-state index is 0.0958. The number of rotatable bonds is 4. The first kappa shape index (κ1) is 15.6. The zero-order chi connectivity index (χ0) is 16.9. The molecule has 2 amide bonds. The monoisotopic (exact) mass is 324 g/mol. The van der Waals surface area contributed by atoms with E-state index < -0.39 is 0 Å². The second-order valence-corrected chi connectivity index (χ2v) is 5.30. The molecule has 1 saturated heterocycles. The molecule has 24 heavy (non-hydrogen) atoms. The Bertz CT molecular complexity index is 764. The first-order valence-electron chi connectivity index (χ1n) is 7.41. The fourth-order valence-electron chi connectivity index (χ4n) is 2.27. The number of nitriles is 1. The van der Waals surface area contributed by atoms with Crippen LogP contribution in [0.1, 0.15) is 5.56 Å². The second-order valence-electron chi connectivity index (χ2n) is 5.30. The first-order chi connectivity index (χ1) is 11.7. The van der Waals surface area contributed by atoms with Crippen LogP contribution in [0.5, 0.6) is 11.6 Å². The van der Waals surface area contributed by atoms with Gasteiger partial charge in [-0.2, -0.15) is 5.26 Å². The molecule has 1 aromatic heterocycles. The average Bonchev–Trinajstić information content (AvgIpc) is 2.58. The maximum absolute atomic E-state index is 12.1. The molecular weight excluding hydrogens is 308 g/mol. The number of likely N-dealkylation sites (tertiary alicyclic amines) is 1. The summed E-state index contributed by atoms with van der Waals surface area (Å²) in [5.41, 5.74) is 1.16. The molecule has 1 aromatic carbocycles. The number of hydrogen-bond acceptors (Lipinski definition) is 5. The Hall–Kier alpha value is -3.27. The van der Waals surface area contributed by atoms with E-state index in [1.165, 1.54) is 6.20 Å². The molecule has 7 heteroatoms. The standard InChI is InChI=1S/C17H16N4O3/c1-23-14-4-2-3-13(7-14)20-17(22)21-10-15(11-21)24-16-6-5-12(8-18)9-19-16/h2-7,9,15H,10-11H2,1H3,(H,20,22). The van der Waals surface area contributed by atoms with Gasteiger partial charge in [0.25, 0.3) is 0 Å². The highest BCUT2D eigenvalue weighted by molar-refractivity contribution is 5.90. The molecule has 0 atom stereocenters. The third-order valence-corrected chi connectivity index (χ3v) is 3.61. The second kappa shape index (κ2) is 6.87. The van der Waals surface area contributed by atoms with Crippen molar-refractivity contribution in [2.75, 3.05) is 25.5 Å². The number of hydrogen-bond donors (Lipinski definition) is 1. The number of aromatic nitrogens is 1. The number of ether oxygens (including phenoxy) is 2. The number of anilines is 1. The van der Waals surface area contributed by atoms with Crippen LogP contribution >= 0.6 is 0 Å². The summed E-state index contributed by atoms with van der Waals surface area (Å²) < 4.78 is 10.8. The van der Waals surface area contributed by atoms with Gasteiger partial charge < -0.3 is 19.7 Å². The summed E-state index contributed by atoms with van der Waals surface area (Å²) >= 11 is 0. The SMILES string of the molecule is COc1cccc(NC(=O)N2CC(Oc3ccc(C#N)cn3)C2)c1. The average molecular weight is 324 g/mol. The van der Waals surface area contributed by atoms with Crippen LogP contribution in [0.3, 0.4) is 0 Å². The normalized spacial score (nSPS) is 13.6. The van der Waals surface area contributed by atoms with E-state index in [4.69, 9.17) is 14.7 Å². The van der Waals surface area contributed by atoms with Crippen LogP contribution in [0.4, 0.5) is 10.5 Å². The van der Waals surface area contributed by atoms with Crippen molar-refractivity contribution >= 4 is 11.7 Å². The number of carbonyl (C=O) groups excluding carboxylic acids is 1. The highest BCUT2D eigenvalue weighted by atomic mass is 16.5. The topological polar surface area (TPSA) is 87.5 Å². The number of urea groups is 1. The number of nitrogens with zero attached hydrogens (tertiary/aromatic N) is 3. The molecule has 122 valence electrons. The van der Waals surface area contributed by atoms with Gasteiger partial charge in [0.15, 0.2) is 0 Å². The van der Waals surface area contributed by atoms with E-state index in [9.17, 15) is 4.79 Å². The van der Waals surface area contributed by atoms with Gasteiger partial charge in [0.2, 0.25) is 5.88 Å². The van der Waals surface area contributed by atoms with Crippen molar-refractivity contribution in [3.8, 4) is 17.7 Å². The lowest BCUT2D eigenvalue weighted by atomic mass is 10.2.